The molecule has 0 aromatic carbocycles. The molecule has 5 rings (SSSR count). The third-order valence-electron chi connectivity index (χ3n) is 10.5. The van der Waals surface area contributed by atoms with Crippen LogP contribution in [-0.2, 0) is 11.3 Å². The number of Topliss-reactive ketones (excluding diaryl/α,β-unsaturated/α-hetero) is 1. The first-order chi connectivity index (χ1) is 15.9. The largest absolute Gasteiger partial charge is 0.297 e. The number of ketones is 1. The van der Waals surface area contributed by atoms with Gasteiger partial charge in [-0.15, -0.1) is 0 Å². The predicted molar refractivity (Wildman–Crippen MR) is 132 cm³/mol. The second kappa shape index (κ2) is 9.93. The molecule has 33 heavy (non-hydrogen) atoms. The van der Waals surface area contributed by atoms with Crippen molar-refractivity contribution < 1.29 is 4.79 Å². The van der Waals surface area contributed by atoms with Crippen molar-refractivity contribution in [3.05, 3.63) is 18.0 Å². The summed E-state index contributed by atoms with van der Waals surface area (Å²) < 4.78 is 1.65. The first-order valence-electron chi connectivity index (χ1n) is 13.9. The highest BCUT2D eigenvalue weighted by molar-refractivity contribution is 5.80. The van der Waals surface area contributed by atoms with E-state index in [-0.39, 0.29) is 11.7 Å². The van der Waals surface area contributed by atoms with Crippen molar-refractivity contribution in [3.8, 4) is 6.07 Å². The molecule has 0 radical (unpaired) electrons. The van der Waals surface area contributed by atoms with Gasteiger partial charge in [0, 0.05) is 12.1 Å². The summed E-state index contributed by atoms with van der Waals surface area (Å²) in [6.45, 7) is 11.5. The molecule has 4 aliphatic carbocycles. The molecular weight excluding hydrogens is 406 g/mol. The van der Waals surface area contributed by atoms with E-state index in [2.05, 4.69) is 31.9 Å². The number of carbonyl (C=O) groups excluding carboxylic acids is 1. The zero-order valence-electron chi connectivity index (χ0n) is 21.6. The highest BCUT2D eigenvalue weighted by Gasteiger charge is 2.58. The molecule has 0 aliphatic heterocycles. The predicted octanol–water partition coefficient (Wildman–Crippen LogP) is 6.89. The van der Waals surface area contributed by atoms with Gasteiger partial charge in [-0.2, -0.15) is 10.4 Å². The van der Waals surface area contributed by atoms with E-state index in [9.17, 15) is 4.79 Å². The highest BCUT2D eigenvalue weighted by Crippen LogP contribution is 2.65. The molecule has 4 aliphatic rings. The van der Waals surface area contributed by atoms with E-state index >= 15 is 0 Å². The Labute approximate surface area is 201 Å². The topological polar surface area (TPSA) is 58.7 Å². The van der Waals surface area contributed by atoms with Crippen LogP contribution in [0.15, 0.2) is 12.4 Å². The number of hydrogen-bond donors (Lipinski definition) is 0. The van der Waals surface area contributed by atoms with Gasteiger partial charge in [-0.3, -0.25) is 9.48 Å². The Bertz CT molecular complexity index is 868. The number of nitrogens with zero attached hydrogens (tertiary/aromatic N) is 3. The second-order valence-electron chi connectivity index (χ2n) is 11.9. The van der Waals surface area contributed by atoms with Gasteiger partial charge in [-0.25, -0.2) is 0 Å². The molecule has 1 aromatic heterocycles. The summed E-state index contributed by atoms with van der Waals surface area (Å²) in [6.07, 6.45) is 15.8. The molecule has 4 heteroatoms. The van der Waals surface area contributed by atoms with E-state index in [4.69, 9.17) is 5.26 Å². The molecule has 4 saturated carbocycles. The van der Waals surface area contributed by atoms with Crippen molar-refractivity contribution in [2.45, 2.75) is 99.0 Å². The van der Waals surface area contributed by atoms with Crippen LogP contribution in [0.2, 0.25) is 0 Å². The standard InChI is InChI=1S/C27H39N3O.C2H6/c1-17-4-6-21-20(12-17)5-7-23-22(21)10-11-27(3)24(8-9-25(23)27)18(2)26(31)16-30-15-19(13-28)14-29-30;1-2/h14-15,17-18,20-25H,4-12,16H2,1-3H3;1-2H3. The fourth-order valence-corrected chi connectivity index (χ4v) is 8.99. The maximum Gasteiger partial charge on any atom is 0.157 e. The molecular formula is C29H45N3O. The van der Waals surface area contributed by atoms with Crippen molar-refractivity contribution in [2.75, 3.05) is 0 Å². The van der Waals surface area contributed by atoms with Crippen LogP contribution in [0.5, 0.6) is 0 Å². The Morgan fingerprint density at radius 1 is 1.15 bits per heavy atom. The van der Waals surface area contributed by atoms with E-state index in [0.717, 1.165) is 35.5 Å². The monoisotopic (exact) mass is 451 g/mol. The third-order valence-corrected chi connectivity index (χ3v) is 10.5. The lowest BCUT2D eigenvalue weighted by Crippen LogP contribution is -2.49. The van der Waals surface area contributed by atoms with Crippen LogP contribution in [-0.4, -0.2) is 15.6 Å². The Balaban J connectivity index is 0.00000126. The van der Waals surface area contributed by atoms with E-state index in [1.807, 2.05) is 13.8 Å². The SMILES string of the molecule is CC.CC1CCC2C(CCC3C2CCC2(C)C(C(C)C(=O)Cn4cc(C#N)cn4)CCC32)C1. The van der Waals surface area contributed by atoms with Crippen molar-refractivity contribution in [1.82, 2.24) is 9.78 Å². The molecule has 4 fully saturated rings. The molecule has 4 nitrogen and oxygen atoms in total. The Morgan fingerprint density at radius 3 is 2.64 bits per heavy atom. The molecule has 0 saturated heterocycles. The number of nitriles is 1. The lowest BCUT2D eigenvalue weighted by Gasteiger charge is -2.56. The lowest BCUT2D eigenvalue weighted by molar-refractivity contribution is -0.128. The number of aromatic nitrogens is 2. The summed E-state index contributed by atoms with van der Waals surface area (Å²) in [5, 5.41) is 13.2. The van der Waals surface area contributed by atoms with Crippen LogP contribution in [0.1, 0.15) is 98.0 Å². The van der Waals surface area contributed by atoms with E-state index < -0.39 is 0 Å². The third kappa shape index (κ3) is 4.42. The highest BCUT2D eigenvalue weighted by atomic mass is 16.1. The maximum absolute atomic E-state index is 13.2. The van der Waals surface area contributed by atoms with E-state index in [1.54, 1.807) is 17.1 Å². The van der Waals surface area contributed by atoms with Crippen molar-refractivity contribution in [3.63, 3.8) is 0 Å². The first kappa shape index (κ1) is 24.5. The van der Waals surface area contributed by atoms with Gasteiger partial charge in [-0.1, -0.05) is 41.0 Å². The fourth-order valence-electron chi connectivity index (χ4n) is 8.99. The van der Waals surface area contributed by atoms with Crippen LogP contribution < -0.4 is 0 Å². The van der Waals surface area contributed by atoms with Crippen LogP contribution in [0.3, 0.4) is 0 Å². The zero-order valence-corrected chi connectivity index (χ0v) is 21.6. The number of carbonyl (C=O) groups is 1. The molecule has 0 spiro atoms. The van der Waals surface area contributed by atoms with Crippen LogP contribution in [0.25, 0.3) is 0 Å². The Hall–Kier alpha value is -1.63. The molecule has 1 heterocycles. The van der Waals surface area contributed by atoms with Crippen LogP contribution in [0.4, 0.5) is 0 Å². The summed E-state index contributed by atoms with van der Waals surface area (Å²) in [6, 6.07) is 2.10. The number of rotatable bonds is 4. The quantitative estimate of drug-likeness (QED) is 0.501. The number of hydrogen-bond acceptors (Lipinski definition) is 3. The van der Waals surface area contributed by atoms with Gasteiger partial charge in [0.15, 0.2) is 5.78 Å². The minimum absolute atomic E-state index is 0.0770. The van der Waals surface area contributed by atoms with Crippen molar-refractivity contribution in [2.24, 2.45) is 52.8 Å². The molecule has 0 bridgehead atoms. The molecule has 1 aromatic rings. The van der Waals surface area contributed by atoms with Gasteiger partial charge < -0.3 is 0 Å². The van der Waals surface area contributed by atoms with Crippen molar-refractivity contribution >= 4 is 5.78 Å². The average Bonchev–Trinajstić information content (AvgIpc) is 3.43. The summed E-state index contributed by atoms with van der Waals surface area (Å²) in [4.78, 5) is 13.2. The normalized spacial score (nSPS) is 40.3. The summed E-state index contributed by atoms with van der Waals surface area (Å²) >= 11 is 0. The maximum atomic E-state index is 13.2. The molecule has 9 unspecified atom stereocenters. The number of fused-ring (bicyclic) bond motifs is 5. The molecule has 182 valence electrons. The molecule has 0 amide bonds. The van der Waals surface area contributed by atoms with Crippen LogP contribution >= 0.6 is 0 Å². The smallest absolute Gasteiger partial charge is 0.157 e. The Kier molecular flexibility index (Phi) is 7.37. The van der Waals surface area contributed by atoms with Crippen LogP contribution in [0, 0.1) is 64.1 Å². The minimum Gasteiger partial charge on any atom is -0.297 e. The van der Waals surface area contributed by atoms with Gasteiger partial charge in [0.05, 0.1) is 18.3 Å². The first-order valence-corrected chi connectivity index (χ1v) is 13.9. The lowest BCUT2D eigenvalue weighted by atomic mass is 9.48. The van der Waals surface area contributed by atoms with Gasteiger partial charge in [0.25, 0.3) is 0 Å². The van der Waals surface area contributed by atoms with Crippen molar-refractivity contribution in [1.29, 1.82) is 5.26 Å². The van der Waals surface area contributed by atoms with Gasteiger partial charge in [0.1, 0.15) is 6.07 Å². The van der Waals surface area contributed by atoms with E-state index in [1.165, 1.54) is 57.8 Å². The van der Waals surface area contributed by atoms with E-state index in [0.29, 0.717) is 23.4 Å². The molecule has 9 atom stereocenters. The van der Waals surface area contributed by atoms with Gasteiger partial charge >= 0.3 is 0 Å². The summed E-state index contributed by atoms with van der Waals surface area (Å²) in [7, 11) is 0. The average molecular weight is 452 g/mol. The van der Waals surface area contributed by atoms with Gasteiger partial charge in [-0.05, 0) is 98.2 Å². The molecule has 0 N–H and O–H groups in total. The second-order valence-corrected chi connectivity index (χ2v) is 11.9. The Morgan fingerprint density at radius 2 is 1.91 bits per heavy atom. The summed E-state index contributed by atoms with van der Waals surface area (Å²) in [5.41, 5.74) is 0.854. The minimum atomic E-state index is 0.0770. The zero-order chi connectivity index (χ0) is 23.8. The van der Waals surface area contributed by atoms with Gasteiger partial charge in [0.2, 0.25) is 0 Å². The summed E-state index contributed by atoms with van der Waals surface area (Å²) in [5.74, 6) is 6.48. The fraction of sp³-hybridized carbons (Fsp3) is 0.828.